The van der Waals surface area contributed by atoms with Gasteiger partial charge in [-0.05, 0) is 60.9 Å². The number of aryl methyl sites for hydroxylation is 1. The van der Waals surface area contributed by atoms with Crippen LogP contribution in [0, 0.1) is 0 Å². The van der Waals surface area contributed by atoms with Crippen LogP contribution in [0.4, 0.5) is 5.69 Å². The van der Waals surface area contributed by atoms with Gasteiger partial charge in [0.05, 0.1) is 4.90 Å². The van der Waals surface area contributed by atoms with Crippen molar-refractivity contribution >= 4 is 33.4 Å². The summed E-state index contributed by atoms with van der Waals surface area (Å²) in [6.45, 7) is 2.62. The van der Waals surface area contributed by atoms with Crippen LogP contribution >= 0.6 is 11.8 Å². The van der Waals surface area contributed by atoms with E-state index in [0.717, 1.165) is 36.3 Å². The summed E-state index contributed by atoms with van der Waals surface area (Å²) in [5.74, 6) is 0.838. The minimum Gasteiger partial charge on any atom is -0.312 e. The van der Waals surface area contributed by atoms with E-state index in [2.05, 4.69) is 4.72 Å². The minimum atomic E-state index is -3.54. The number of rotatable bonds is 7. The number of fused-ring (bicyclic) bond motifs is 1. The zero-order valence-corrected chi connectivity index (χ0v) is 17.0. The van der Waals surface area contributed by atoms with E-state index in [9.17, 15) is 13.2 Å². The van der Waals surface area contributed by atoms with Gasteiger partial charge in [-0.15, -0.1) is 11.8 Å². The van der Waals surface area contributed by atoms with Gasteiger partial charge in [-0.25, -0.2) is 13.1 Å². The Morgan fingerprint density at radius 1 is 1.19 bits per heavy atom. The quantitative estimate of drug-likeness (QED) is 0.567. The Balaban J connectivity index is 1.57. The molecule has 2 aromatic rings. The topological polar surface area (TPSA) is 66.5 Å². The Kier molecular flexibility index (Phi) is 6.57. The molecular weight excluding hydrogens is 380 g/mol. The summed E-state index contributed by atoms with van der Waals surface area (Å²) < 4.78 is 27.8. The number of sulfonamides is 1. The van der Waals surface area contributed by atoms with Gasteiger partial charge in [0.25, 0.3) is 0 Å². The van der Waals surface area contributed by atoms with Gasteiger partial charge < -0.3 is 4.90 Å². The lowest BCUT2D eigenvalue weighted by molar-refractivity contribution is -0.116. The van der Waals surface area contributed by atoms with E-state index in [0.29, 0.717) is 13.1 Å². The first-order valence-electron chi connectivity index (χ1n) is 9.06. The number of thioether (sulfide) groups is 1. The zero-order valence-electron chi connectivity index (χ0n) is 15.3. The van der Waals surface area contributed by atoms with Crippen LogP contribution in [0.15, 0.2) is 58.3 Å². The van der Waals surface area contributed by atoms with Crippen LogP contribution in [0.5, 0.6) is 0 Å². The van der Waals surface area contributed by atoms with E-state index in [1.54, 1.807) is 34.9 Å². The van der Waals surface area contributed by atoms with Gasteiger partial charge in [0.15, 0.2) is 0 Å². The number of carbonyl (C=O) groups excluding carboxylic acids is 1. The Hall–Kier alpha value is -1.83. The van der Waals surface area contributed by atoms with Crippen molar-refractivity contribution in [1.29, 1.82) is 0 Å². The van der Waals surface area contributed by atoms with Crippen molar-refractivity contribution in [2.24, 2.45) is 0 Å². The van der Waals surface area contributed by atoms with Crippen LogP contribution in [0.2, 0.25) is 0 Å². The summed E-state index contributed by atoms with van der Waals surface area (Å²) in [6, 6.07) is 15.1. The smallest absolute Gasteiger partial charge is 0.240 e. The second-order valence-corrected chi connectivity index (χ2v) is 9.41. The maximum atomic E-state index is 12.6. The third kappa shape index (κ3) is 5.12. The molecule has 2 aromatic carbocycles. The van der Waals surface area contributed by atoms with Crippen molar-refractivity contribution in [3.8, 4) is 0 Å². The predicted molar refractivity (Wildman–Crippen MR) is 110 cm³/mol. The van der Waals surface area contributed by atoms with Crippen molar-refractivity contribution in [2.75, 3.05) is 23.7 Å². The maximum absolute atomic E-state index is 12.6. The third-order valence-electron chi connectivity index (χ3n) is 4.49. The van der Waals surface area contributed by atoms with E-state index in [1.807, 2.05) is 30.3 Å². The summed E-state index contributed by atoms with van der Waals surface area (Å²) in [6.07, 6.45) is 2.39. The van der Waals surface area contributed by atoms with Crippen LogP contribution in [0.1, 0.15) is 25.3 Å². The SMILES string of the molecule is CC(=O)N1CCCc2cc(S(=O)(=O)NCCCSc3ccccc3)ccc21. The van der Waals surface area contributed by atoms with Gasteiger partial charge in [-0.2, -0.15) is 0 Å². The number of benzene rings is 2. The lowest BCUT2D eigenvalue weighted by Gasteiger charge is -2.28. The standard InChI is InChI=1S/C20H24N2O3S2/c1-16(23)22-13-5-7-17-15-19(10-11-20(17)22)27(24,25)21-12-6-14-26-18-8-3-2-4-9-18/h2-4,8-11,15,21H,5-7,12-14H2,1H3. The summed E-state index contributed by atoms with van der Waals surface area (Å²) in [5.41, 5.74) is 1.74. The van der Waals surface area contributed by atoms with Crippen LogP contribution in [0.25, 0.3) is 0 Å². The normalized spacial score (nSPS) is 14.0. The van der Waals surface area contributed by atoms with Gasteiger partial charge in [0.2, 0.25) is 15.9 Å². The molecule has 1 N–H and O–H groups in total. The van der Waals surface area contributed by atoms with E-state index in [4.69, 9.17) is 0 Å². The van der Waals surface area contributed by atoms with Crippen molar-refractivity contribution < 1.29 is 13.2 Å². The molecule has 1 aliphatic rings. The number of nitrogens with one attached hydrogen (secondary N) is 1. The van der Waals surface area contributed by atoms with E-state index >= 15 is 0 Å². The van der Waals surface area contributed by atoms with Crippen LogP contribution in [0.3, 0.4) is 0 Å². The third-order valence-corrected chi connectivity index (χ3v) is 7.04. The van der Waals surface area contributed by atoms with Gasteiger partial charge in [0.1, 0.15) is 0 Å². The van der Waals surface area contributed by atoms with Crippen LogP contribution < -0.4 is 9.62 Å². The number of amides is 1. The molecule has 0 unspecified atom stereocenters. The van der Waals surface area contributed by atoms with E-state index in [1.165, 1.54) is 11.8 Å². The largest absolute Gasteiger partial charge is 0.312 e. The number of anilines is 1. The fraction of sp³-hybridized carbons (Fsp3) is 0.350. The van der Waals surface area contributed by atoms with Crippen molar-refractivity contribution in [3.63, 3.8) is 0 Å². The molecule has 0 radical (unpaired) electrons. The molecule has 144 valence electrons. The lowest BCUT2D eigenvalue weighted by Crippen LogP contribution is -2.33. The van der Waals surface area contributed by atoms with Crippen molar-refractivity contribution in [2.45, 2.75) is 36.0 Å². The molecule has 0 saturated carbocycles. The Morgan fingerprint density at radius 3 is 2.70 bits per heavy atom. The number of hydrogen-bond acceptors (Lipinski definition) is 4. The molecule has 1 heterocycles. The highest BCUT2D eigenvalue weighted by Crippen LogP contribution is 2.29. The highest BCUT2D eigenvalue weighted by Gasteiger charge is 2.22. The zero-order chi connectivity index (χ0) is 19.3. The highest BCUT2D eigenvalue weighted by molar-refractivity contribution is 7.99. The minimum absolute atomic E-state index is 0.0133. The summed E-state index contributed by atoms with van der Waals surface area (Å²) in [5, 5.41) is 0. The molecule has 0 saturated heterocycles. The van der Waals surface area contributed by atoms with E-state index in [-0.39, 0.29) is 10.8 Å². The Labute approximate surface area is 165 Å². The molecule has 1 amide bonds. The molecular formula is C20H24N2O3S2. The highest BCUT2D eigenvalue weighted by atomic mass is 32.2. The molecule has 27 heavy (non-hydrogen) atoms. The molecule has 0 aromatic heterocycles. The molecule has 3 rings (SSSR count). The number of carbonyl (C=O) groups is 1. The monoisotopic (exact) mass is 404 g/mol. The molecule has 0 fully saturated rings. The average molecular weight is 405 g/mol. The fourth-order valence-electron chi connectivity index (χ4n) is 3.14. The fourth-order valence-corrected chi connectivity index (χ4v) is 5.13. The molecule has 0 spiro atoms. The molecule has 0 bridgehead atoms. The Bertz CT molecular complexity index is 899. The lowest BCUT2D eigenvalue weighted by atomic mass is 10.0. The van der Waals surface area contributed by atoms with Crippen molar-refractivity contribution in [3.05, 3.63) is 54.1 Å². The molecule has 7 heteroatoms. The molecule has 0 atom stereocenters. The van der Waals surface area contributed by atoms with Gasteiger partial charge in [-0.1, -0.05) is 18.2 Å². The molecule has 5 nitrogen and oxygen atoms in total. The van der Waals surface area contributed by atoms with Gasteiger partial charge >= 0.3 is 0 Å². The number of nitrogens with zero attached hydrogens (tertiary/aromatic N) is 1. The van der Waals surface area contributed by atoms with Gasteiger partial charge in [-0.3, -0.25) is 4.79 Å². The predicted octanol–water partition coefficient (Wildman–Crippen LogP) is 3.45. The summed E-state index contributed by atoms with van der Waals surface area (Å²) >= 11 is 1.72. The first-order valence-corrected chi connectivity index (χ1v) is 11.5. The van der Waals surface area contributed by atoms with E-state index < -0.39 is 10.0 Å². The first kappa shape index (κ1) is 19.9. The Morgan fingerprint density at radius 2 is 1.96 bits per heavy atom. The average Bonchev–Trinajstić information content (AvgIpc) is 2.67. The number of hydrogen-bond donors (Lipinski definition) is 1. The van der Waals surface area contributed by atoms with Crippen LogP contribution in [-0.4, -0.2) is 33.2 Å². The summed E-state index contributed by atoms with van der Waals surface area (Å²) in [4.78, 5) is 14.9. The second kappa shape index (κ2) is 8.91. The first-order chi connectivity index (χ1) is 13.0. The second-order valence-electron chi connectivity index (χ2n) is 6.48. The van der Waals surface area contributed by atoms with Crippen LogP contribution in [-0.2, 0) is 21.2 Å². The summed E-state index contributed by atoms with van der Waals surface area (Å²) in [7, 11) is -3.54. The molecule has 1 aliphatic heterocycles. The van der Waals surface area contributed by atoms with Gasteiger partial charge in [0, 0.05) is 30.6 Å². The molecule has 0 aliphatic carbocycles. The maximum Gasteiger partial charge on any atom is 0.240 e. The van der Waals surface area contributed by atoms with Crippen molar-refractivity contribution in [1.82, 2.24) is 4.72 Å².